The Labute approximate surface area is 87.8 Å². The van der Waals surface area contributed by atoms with Crippen molar-refractivity contribution in [1.82, 2.24) is 10.3 Å². The SMILES string of the molecule is CNCC(O)C(O)c1cc(C)c[nH]c1=O. The Morgan fingerprint density at radius 3 is 2.80 bits per heavy atom. The molecule has 2 unspecified atom stereocenters. The molecule has 0 amide bonds. The van der Waals surface area contributed by atoms with E-state index in [1.54, 1.807) is 26.2 Å². The highest BCUT2D eigenvalue weighted by Gasteiger charge is 2.20. The number of aromatic nitrogens is 1. The van der Waals surface area contributed by atoms with Crippen molar-refractivity contribution in [1.29, 1.82) is 0 Å². The van der Waals surface area contributed by atoms with E-state index < -0.39 is 12.2 Å². The highest BCUT2D eigenvalue weighted by Crippen LogP contribution is 2.13. The minimum absolute atomic E-state index is 0.192. The van der Waals surface area contributed by atoms with Crippen molar-refractivity contribution >= 4 is 0 Å². The van der Waals surface area contributed by atoms with Crippen LogP contribution < -0.4 is 10.9 Å². The average Bonchev–Trinajstić information content (AvgIpc) is 2.21. The van der Waals surface area contributed by atoms with Crippen molar-refractivity contribution in [3.63, 3.8) is 0 Å². The maximum Gasteiger partial charge on any atom is 0.253 e. The minimum Gasteiger partial charge on any atom is -0.389 e. The summed E-state index contributed by atoms with van der Waals surface area (Å²) in [5.41, 5.74) is 0.654. The maximum atomic E-state index is 11.4. The highest BCUT2D eigenvalue weighted by atomic mass is 16.3. The third-order valence-electron chi connectivity index (χ3n) is 2.17. The summed E-state index contributed by atoms with van der Waals surface area (Å²) >= 11 is 0. The van der Waals surface area contributed by atoms with Crippen LogP contribution in [-0.4, -0.2) is 34.9 Å². The molecule has 4 N–H and O–H groups in total. The minimum atomic E-state index is -1.17. The van der Waals surface area contributed by atoms with Crippen LogP contribution in [0.5, 0.6) is 0 Å². The van der Waals surface area contributed by atoms with Gasteiger partial charge in [0.1, 0.15) is 6.10 Å². The Morgan fingerprint density at radius 2 is 2.20 bits per heavy atom. The van der Waals surface area contributed by atoms with E-state index in [0.717, 1.165) is 5.56 Å². The van der Waals surface area contributed by atoms with Gasteiger partial charge in [-0.3, -0.25) is 4.79 Å². The zero-order valence-electron chi connectivity index (χ0n) is 8.82. The number of aromatic amines is 1. The van der Waals surface area contributed by atoms with Crippen molar-refractivity contribution in [3.05, 3.63) is 33.7 Å². The molecule has 15 heavy (non-hydrogen) atoms. The lowest BCUT2D eigenvalue weighted by atomic mass is 10.0. The monoisotopic (exact) mass is 212 g/mol. The molecule has 1 rings (SSSR count). The summed E-state index contributed by atoms with van der Waals surface area (Å²) in [5, 5.41) is 22.0. The summed E-state index contributed by atoms with van der Waals surface area (Å²) in [4.78, 5) is 13.9. The van der Waals surface area contributed by atoms with Crippen molar-refractivity contribution < 1.29 is 10.2 Å². The standard InChI is InChI=1S/C10H16N2O3/c1-6-3-7(10(15)12-4-6)9(14)8(13)5-11-2/h3-4,8-9,11,13-14H,5H2,1-2H3,(H,12,15). The fourth-order valence-electron chi connectivity index (χ4n) is 1.36. The highest BCUT2D eigenvalue weighted by molar-refractivity contribution is 5.20. The first-order chi connectivity index (χ1) is 7.06. The van der Waals surface area contributed by atoms with Crippen molar-refractivity contribution in [2.45, 2.75) is 19.1 Å². The normalized spacial score (nSPS) is 14.9. The molecular formula is C10H16N2O3. The van der Waals surface area contributed by atoms with Gasteiger partial charge < -0.3 is 20.5 Å². The number of aryl methyl sites for hydroxylation is 1. The quantitative estimate of drug-likeness (QED) is 0.531. The molecule has 1 aromatic rings. The number of hydrogen-bond acceptors (Lipinski definition) is 4. The van der Waals surface area contributed by atoms with Gasteiger partial charge >= 0.3 is 0 Å². The largest absolute Gasteiger partial charge is 0.389 e. The second-order valence-electron chi connectivity index (χ2n) is 3.53. The van der Waals surface area contributed by atoms with Gasteiger partial charge in [0, 0.05) is 18.3 Å². The first-order valence-electron chi connectivity index (χ1n) is 4.76. The zero-order chi connectivity index (χ0) is 11.4. The Balaban J connectivity index is 2.94. The van der Waals surface area contributed by atoms with Gasteiger partial charge in [-0.25, -0.2) is 0 Å². The molecule has 0 aliphatic heterocycles. The van der Waals surface area contributed by atoms with Gasteiger partial charge in [-0.1, -0.05) is 0 Å². The first-order valence-corrected chi connectivity index (χ1v) is 4.76. The molecule has 5 nitrogen and oxygen atoms in total. The van der Waals surface area contributed by atoms with E-state index in [1.165, 1.54) is 0 Å². The molecule has 0 aliphatic carbocycles. The Morgan fingerprint density at radius 1 is 1.53 bits per heavy atom. The Hall–Kier alpha value is -1.17. The fraction of sp³-hybridized carbons (Fsp3) is 0.500. The predicted molar refractivity (Wildman–Crippen MR) is 56.7 cm³/mol. The predicted octanol–water partition coefficient (Wildman–Crippen LogP) is -0.703. The molecule has 0 saturated carbocycles. The van der Waals surface area contributed by atoms with Gasteiger partial charge in [-0.2, -0.15) is 0 Å². The lowest BCUT2D eigenvalue weighted by Crippen LogP contribution is -2.32. The number of likely N-dealkylation sites (N-methyl/N-ethyl adjacent to an activating group) is 1. The van der Waals surface area contributed by atoms with Gasteiger partial charge in [0.25, 0.3) is 5.56 Å². The Bertz CT molecular complexity index is 375. The fourth-order valence-corrected chi connectivity index (χ4v) is 1.36. The molecule has 2 atom stereocenters. The second-order valence-corrected chi connectivity index (χ2v) is 3.53. The van der Waals surface area contributed by atoms with Crippen molar-refractivity contribution in [3.8, 4) is 0 Å². The van der Waals surface area contributed by atoms with E-state index in [2.05, 4.69) is 10.3 Å². The lowest BCUT2D eigenvalue weighted by molar-refractivity contribution is 0.0193. The maximum absolute atomic E-state index is 11.4. The van der Waals surface area contributed by atoms with Gasteiger partial charge in [0.05, 0.1) is 6.10 Å². The van der Waals surface area contributed by atoms with E-state index in [9.17, 15) is 15.0 Å². The lowest BCUT2D eigenvalue weighted by Gasteiger charge is -2.17. The molecule has 0 radical (unpaired) electrons. The van der Waals surface area contributed by atoms with Crippen LogP contribution in [-0.2, 0) is 0 Å². The molecule has 5 heteroatoms. The molecule has 0 aliphatic rings. The summed E-state index contributed by atoms with van der Waals surface area (Å²) in [6.45, 7) is 2.03. The van der Waals surface area contributed by atoms with Crippen LogP contribution in [0.1, 0.15) is 17.2 Å². The molecule has 0 spiro atoms. The van der Waals surface area contributed by atoms with Gasteiger partial charge in [-0.15, -0.1) is 0 Å². The number of aliphatic hydroxyl groups is 2. The molecule has 0 bridgehead atoms. The van der Waals surface area contributed by atoms with E-state index in [-0.39, 0.29) is 17.7 Å². The van der Waals surface area contributed by atoms with Crippen LogP contribution in [0.4, 0.5) is 0 Å². The molecule has 0 aromatic carbocycles. The van der Waals surface area contributed by atoms with E-state index >= 15 is 0 Å². The Kier molecular flexibility index (Phi) is 4.02. The summed E-state index contributed by atoms with van der Waals surface area (Å²) < 4.78 is 0. The van der Waals surface area contributed by atoms with Crippen LogP contribution in [0, 0.1) is 6.92 Å². The van der Waals surface area contributed by atoms with Gasteiger partial charge in [-0.05, 0) is 25.6 Å². The van der Waals surface area contributed by atoms with Gasteiger partial charge in [0.15, 0.2) is 0 Å². The molecule has 1 aromatic heterocycles. The summed E-state index contributed by atoms with van der Waals surface area (Å²) in [6, 6.07) is 1.57. The molecule has 1 heterocycles. The van der Waals surface area contributed by atoms with Crippen molar-refractivity contribution in [2.24, 2.45) is 0 Å². The summed E-state index contributed by atoms with van der Waals surface area (Å²) in [5.74, 6) is 0. The number of aliphatic hydroxyl groups excluding tert-OH is 2. The number of nitrogens with one attached hydrogen (secondary N) is 2. The number of hydrogen-bond donors (Lipinski definition) is 4. The van der Waals surface area contributed by atoms with Crippen LogP contribution in [0.2, 0.25) is 0 Å². The van der Waals surface area contributed by atoms with Crippen LogP contribution in [0.25, 0.3) is 0 Å². The molecule has 84 valence electrons. The molecule has 0 fully saturated rings. The van der Waals surface area contributed by atoms with Crippen LogP contribution >= 0.6 is 0 Å². The summed E-state index contributed by atoms with van der Waals surface area (Å²) in [6.07, 6.45) is -0.595. The van der Waals surface area contributed by atoms with Gasteiger partial charge in [0.2, 0.25) is 0 Å². The number of pyridine rings is 1. The van der Waals surface area contributed by atoms with Crippen LogP contribution in [0.3, 0.4) is 0 Å². The van der Waals surface area contributed by atoms with Crippen LogP contribution in [0.15, 0.2) is 17.1 Å². The van der Waals surface area contributed by atoms with E-state index in [1.807, 2.05) is 0 Å². The third kappa shape index (κ3) is 2.89. The summed E-state index contributed by atoms with van der Waals surface area (Å²) in [7, 11) is 1.66. The average molecular weight is 212 g/mol. The molecular weight excluding hydrogens is 196 g/mol. The van der Waals surface area contributed by atoms with E-state index in [0.29, 0.717) is 0 Å². The van der Waals surface area contributed by atoms with Crippen molar-refractivity contribution in [2.75, 3.05) is 13.6 Å². The number of rotatable bonds is 4. The zero-order valence-corrected chi connectivity index (χ0v) is 8.82. The third-order valence-corrected chi connectivity index (χ3v) is 2.17. The second kappa shape index (κ2) is 5.06. The first kappa shape index (κ1) is 11.9. The topological polar surface area (TPSA) is 85.3 Å². The smallest absolute Gasteiger partial charge is 0.253 e. The molecule has 0 saturated heterocycles. The van der Waals surface area contributed by atoms with E-state index in [4.69, 9.17) is 0 Å². The number of H-pyrrole nitrogens is 1.